The SMILES string of the molecule is C[C@@H](CN1CCCCC1)NC(=O)c1cc(-c2ccc(F)cc2)nc2ncnn12. The van der Waals surface area contributed by atoms with Crippen LogP contribution in [0.4, 0.5) is 4.39 Å². The number of carbonyl (C=O) groups is 1. The van der Waals surface area contributed by atoms with Crippen molar-refractivity contribution in [3.8, 4) is 11.3 Å². The molecule has 8 heteroatoms. The highest BCUT2D eigenvalue weighted by Crippen LogP contribution is 2.20. The zero-order valence-corrected chi connectivity index (χ0v) is 15.8. The van der Waals surface area contributed by atoms with Gasteiger partial charge in [-0.2, -0.15) is 14.6 Å². The summed E-state index contributed by atoms with van der Waals surface area (Å²) in [6.45, 7) is 4.99. The summed E-state index contributed by atoms with van der Waals surface area (Å²) in [5.74, 6) is -0.224. The van der Waals surface area contributed by atoms with Crippen molar-refractivity contribution in [2.75, 3.05) is 19.6 Å². The van der Waals surface area contributed by atoms with Crippen molar-refractivity contribution in [3.63, 3.8) is 0 Å². The Bertz CT molecular complexity index is 964. The number of aromatic nitrogens is 4. The molecule has 1 saturated heterocycles. The molecule has 0 aliphatic carbocycles. The Morgan fingerprint density at radius 3 is 2.71 bits per heavy atom. The summed E-state index contributed by atoms with van der Waals surface area (Å²) in [6.07, 6.45) is 5.08. The van der Waals surface area contributed by atoms with Gasteiger partial charge in [0, 0.05) is 18.2 Å². The molecule has 1 fully saturated rings. The van der Waals surface area contributed by atoms with E-state index in [-0.39, 0.29) is 17.8 Å². The third-order valence-corrected chi connectivity index (χ3v) is 4.98. The topological polar surface area (TPSA) is 75.4 Å². The average Bonchev–Trinajstić information content (AvgIpc) is 3.17. The van der Waals surface area contributed by atoms with E-state index in [0.29, 0.717) is 22.7 Å². The van der Waals surface area contributed by atoms with E-state index in [0.717, 1.165) is 19.6 Å². The summed E-state index contributed by atoms with van der Waals surface area (Å²) in [7, 11) is 0. The monoisotopic (exact) mass is 382 g/mol. The van der Waals surface area contributed by atoms with E-state index < -0.39 is 0 Å². The zero-order chi connectivity index (χ0) is 19.5. The second kappa shape index (κ2) is 8.02. The fourth-order valence-electron chi connectivity index (χ4n) is 3.62. The van der Waals surface area contributed by atoms with Gasteiger partial charge in [0.05, 0.1) is 5.69 Å². The largest absolute Gasteiger partial charge is 0.347 e. The molecule has 0 radical (unpaired) electrons. The van der Waals surface area contributed by atoms with Crippen molar-refractivity contribution in [3.05, 3.63) is 48.2 Å². The Balaban J connectivity index is 1.57. The van der Waals surface area contributed by atoms with Crippen LogP contribution in [0.2, 0.25) is 0 Å². The molecule has 7 nitrogen and oxygen atoms in total. The van der Waals surface area contributed by atoms with E-state index in [2.05, 4.69) is 25.3 Å². The second-order valence-corrected chi connectivity index (χ2v) is 7.24. The first-order chi connectivity index (χ1) is 13.6. The van der Waals surface area contributed by atoms with Gasteiger partial charge in [-0.3, -0.25) is 4.79 Å². The first kappa shape index (κ1) is 18.5. The number of benzene rings is 1. The normalized spacial score (nSPS) is 16.2. The maximum atomic E-state index is 13.2. The smallest absolute Gasteiger partial charge is 0.270 e. The Kier molecular flexibility index (Phi) is 5.29. The number of carbonyl (C=O) groups excluding carboxylic acids is 1. The molecule has 0 bridgehead atoms. The third kappa shape index (κ3) is 4.01. The third-order valence-electron chi connectivity index (χ3n) is 4.98. The molecule has 0 saturated carbocycles. The van der Waals surface area contributed by atoms with Crippen LogP contribution in [0.3, 0.4) is 0 Å². The number of piperidine rings is 1. The van der Waals surface area contributed by atoms with Crippen molar-refractivity contribution in [2.24, 2.45) is 0 Å². The summed E-state index contributed by atoms with van der Waals surface area (Å²) >= 11 is 0. The summed E-state index contributed by atoms with van der Waals surface area (Å²) in [5.41, 5.74) is 1.61. The number of hydrogen-bond donors (Lipinski definition) is 1. The van der Waals surface area contributed by atoms with Gasteiger partial charge >= 0.3 is 0 Å². The van der Waals surface area contributed by atoms with Gasteiger partial charge in [-0.15, -0.1) is 0 Å². The first-order valence-electron chi connectivity index (χ1n) is 9.60. The van der Waals surface area contributed by atoms with Crippen LogP contribution in [0.5, 0.6) is 0 Å². The van der Waals surface area contributed by atoms with Crippen molar-refractivity contribution < 1.29 is 9.18 Å². The van der Waals surface area contributed by atoms with E-state index in [9.17, 15) is 9.18 Å². The van der Waals surface area contributed by atoms with Crippen LogP contribution in [0.25, 0.3) is 17.0 Å². The average molecular weight is 382 g/mol. The van der Waals surface area contributed by atoms with Crippen molar-refractivity contribution in [1.29, 1.82) is 0 Å². The van der Waals surface area contributed by atoms with Crippen molar-refractivity contribution >= 4 is 11.7 Å². The predicted molar refractivity (Wildman–Crippen MR) is 103 cm³/mol. The number of halogens is 1. The standard InChI is InChI=1S/C20H23FN6O/c1-14(12-26-9-3-2-4-10-26)24-19(28)18-11-17(15-5-7-16(21)8-6-15)25-20-22-13-23-27(18)20/h5-8,11,13-14H,2-4,9-10,12H2,1H3,(H,24,28)/t14-/m0/s1. The Labute approximate surface area is 162 Å². The Morgan fingerprint density at radius 2 is 1.96 bits per heavy atom. The highest BCUT2D eigenvalue weighted by Gasteiger charge is 2.19. The molecule has 1 atom stereocenters. The fourth-order valence-corrected chi connectivity index (χ4v) is 3.62. The van der Waals surface area contributed by atoms with Crippen LogP contribution >= 0.6 is 0 Å². The minimum absolute atomic E-state index is 0.00612. The van der Waals surface area contributed by atoms with Gasteiger partial charge in [-0.1, -0.05) is 6.42 Å². The molecular formula is C20H23FN6O. The summed E-state index contributed by atoms with van der Waals surface area (Å²) in [6, 6.07) is 7.66. The van der Waals surface area contributed by atoms with Gasteiger partial charge in [0.1, 0.15) is 17.8 Å². The number of fused-ring (bicyclic) bond motifs is 1. The molecule has 1 aliphatic rings. The van der Waals surface area contributed by atoms with Crippen LogP contribution < -0.4 is 5.32 Å². The minimum Gasteiger partial charge on any atom is -0.347 e. The van der Waals surface area contributed by atoms with Crippen LogP contribution in [-0.2, 0) is 0 Å². The number of nitrogens with one attached hydrogen (secondary N) is 1. The molecule has 3 heterocycles. The quantitative estimate of drug-likeness (QED) is 0.734. The number of rotatable bonds is 5. The maximum Gasteiger partial charge on any atom is 0.270 e. The number of likely N-dealkylation sites (tertiary alicyclic amines) is 1. The summed E-state index contributed by atoms with van der Waals surface area (Å²) in [5, 5.41) is 7.18. The lowest BCUT2D eigenvalue weighted by molar-refractivity contribution is 0.0918. The Morgan fingerprint density at radius 1 is 1.21 bits per heavy atom. The van der Waals surface area contributed by atoms with E-state index in [1.54, 1.807) is 18.2 Å². The maximum absolute atomic E-state index is 13.2. The molecule has 146 valence electrons. The molecule has 1 N–H and O–H groups in total. The van der Waals surface area contributed by atoms with Gasteiger partial charge in [0.25, 0.3) is 11.7 Å². The predicted octanol–water partition coefficient (Wildman–Crippen LogP) is 2.53. The van der Waals surface area contributed by atoms with Crippen LogP contribution in [-0.4, -0.2) is 56.1 Å². The van der Waals surface area contributed by atoms with Gasteiger partial charge in [0.15, 0.2) is 0 Å². The minimum atomic E-state index is -0.322. The molecule has 1 aromatic carbocycles. The van der Waals surface area contributed by atoms with E-state index in [1.807, 2.05) is 6.92 Å². The first-order valence-corrected chi connectivity index (χ1v) is 9.60. The van der Waals surface area contributed by atoms with Crippen LogP contribution in [0.15, 0.2) is 36.7 Å². The summed E-state index contributed by atoms with van der Waals surface area (Å²) < 4.78 is 14.7. The Hall–Kier alpha value is -2.87. The van der Waals surface area contributed by atoms with Gasteiger partial charge in [-0.05, 0) is 63.2 Å². The second-order valence-electron chi connectivity index (χ2n) is 7.24. The van der Waals surface area contributed by atoms with Gasteiger partial charge in [0.2, 0.25) is 0 Å². The van der Waals surface area contributed by atoms with E-state index >= 15 is 0 Å². The lowest BCUT2D eigenvalue weighted by atomic mass is 10.1. The van der Waals surface area contributed by atoms with Crippen LogP contribution in [0.1, 0.15) is 36.7 Å². The highest BCUT2D eigenvalue weighted by molar-refractivity contribution is 5.94. The number of amides is 1. The molecular weight excluding hydrogens is 359 g/mol. The van der Waals surface area contributed by atoms with Crippen LogP contribution in [0, 0.1) is 5.82 Å². The molecule has 1 amide bonds. The molecule has 0 spiro atoms. The molecule has 28 heavy (non-hydrogen) atoms. The van der Waals surface area contributed by atoms with E-state index in [4.69, 9.17) is 0 Å². The van der Waals surface area contributed by atoms with Gasteiger partial charge in [-0.25, -0.2) is 9.37 Å². The summed E-state index contributed by atoms with van der Waals surface area (Å²) in [4.78, 5) is 23.9. The van der Waals surface area contributed by atoms with E-state index in [1.165, 1.54) is 42.2 Å². The molecule has 4 rings (SSSR count). The van der Waals surface area contributed by atoms with Gasteiger partial charge < -0.3 is 10.2 Å². The number of nitrogens with zero attached hydrogens (tertiary/aromatic N) is 5. The van der Waals surface area contributed by atoms with Crippen molar-refractivity contribution in [1.82, 2.24) is 29.8 Å². The molecule has 3 aromatic rings. The lowest BCUT2D eigenvalue weighted by Crippen LogP contribution is -2.44. The highest BCUT2D eigenvalue weighted by atomic mass is 19.1. The zero-order valence-electron chi connectivity index (χ0n) is 15.8. The molecule has 1 aliphatic heterocycles. The fraction of sp³-hybridized carbons (Fsp3) is 0.400. The number of hydrogen-bond acceptors (Lipinski definition) is 5. The molecule has 2 aromatic heterocycles. The lowest BCUT2D eigenvalue weighted by Gasteiger charge is -2.29. The molecule has 0 unspecified atom stereocenters. The van der Waals surface area contributed by atoms with Crippen molar-refractivity contribution in [2.45, 2.75) is 32.2 Å².